The van der Waals surface area contributed by atoms with Gasteiger partial charge in [-0.25, -0.2) is 5.01 Å². The fourth-order valence-corrected chi connectivity index (χ4v) is 2.90. The molecule has 9 heteroatoms. The van der Waals surface area contributed by atoms with Crippen molar-refractivity contribution in [3.63, 3.8) is 0 Å². The molecule has 1 aromatic rings. The van der Waals surface area contributed by atoms with E-state index >= 15 is 0 Å². The standard InChI is InChI=1S/C16H19N3O5S/c1-11(20)22-9-15(21)18-5-2-6-19(18)16(25)17-8-12-3-4-13-14(7-12)24-10-23-13/h3-4,7H,2,5-6,8-10H2,1H3,(H,17,25). The number of benzene rings is 1. The third-order valence-electron chi connectivity index (χ3n) is 3.83. The first kappa shape index (κ1) is 17.3. The zero-order valence-corrected chi connectivity index (χ0v) is 14.6. The minimum Gasteiger partial charge on any atom is -0.456 e. The first-order valence-corrected chi connectivity index (χ1v) is 8.33. The van der Waals surface area contributed by atoms with E-state index in [0.29, 0.717) is 30.5 Å². The quantitative estimate of drug-likeness (QED) is 0.620. The summed E-state index contributed by atoms with van der Waals surface area (Å²) in [5.74, 6) is 0.667. The predicted octanol–water partition coefficient (Wildman–Crippen LogP) is 0.802. The first-order valence-electron chi connectivity index (χ1n) is 7.92. The monoisotopic (exact) mass is 365 g/mol. The maximum absolute atomic E-state index is 12.2. The second-order valence-corrected chi connectivity index (χ2v) is 6.01. The molecular formula is C16H19N3O5S. The summed E-state index contributed by atoms with van der Waals surface area (Å²) >= 11 is 5.40. The molecule has 0 atom stereocenters. The Balaban J connectivity index is 1.55. The fourth-order valence-electron chi connectivity index (χ4n) is 2.64. The number of ether oxygens (including phenoxy) is 3. The van der Waals surface area contributed by atoms with Gasteiger partial charge in [-0.2, -0.15) is 0 Å². The molecule has 0 bridgehead atoms. The first-order chi connectivity index (χ1) is 12.0. The lowest BCUT2D eigenvalue weighted by molar-refractivity contribution is -0.154. The van der Waals surface area contributed by atoms with Crippen molar-refractivity contribution in [1.29, 1.82) is 0 Å². The lowest BCUT2D eigenvalue weighted by Gasteiger charge is -2.30. The average Bonchev–Trinajstić information content (AvgIpc) is 3.25. The highest BCUT2D eigenvalue weighted by Crippen LogP contribution is 2.32. The second kappa shape index (κ2) is 7.56. The normalized spacial score (nSPS) is 15.2. The van der Waals surface area contributed by atoms with Gasteiger partial charge in [-0.3, -0.25) is 14.6 Å². The van der Waals surface area contributed by atoms with E-state index in [1.165, 1.54) is 11.9 Å². The fraction of sp³-hybridized carbons (Fsp3) is 0.438. The molecule has 25 heavy (non-hydrogen) atoms. The van der Waals surface area contributed by atoms with E-state index in [-0.39, 0.29) is 19.3 Å². The summed E-state index contributed by atoms with van der Waals surface area (Å²) in [5.41, 5.74) is 0.989. The van der Waals surface area contributed by atoms with Crippen molar-refractivity contribution in [3.05, 3.63) is 23.8 Å². The molecule has 2 heterocycles. The van der Waals surface area contributed by atoms with Crippen molar-refractivity contribution < 1.29 is 23.8 Å². The van der Waals surface area contributed by atoms with Crippen molar-refractivity contribution in [2.75, 3.05) is 26.5 Å². The van der Waals surface area contributed by atoms with Gasteiger partial charge >= 0.3 is 5.97 Å². The van der Waals surface area contributed by atoms with E-state index in [4.69, 9.17) is 26.4 Å². The molecular weight excluding hydrogens is 346 g/mol. The molecule has 2 aliphatic rings. The van der Waals surface area contributed by atoms with Crippen molar-refractivity contribution >= 4 is 29.2 Å². The number of amides is 1. The van der Waals surface area contributed by atoms with Crippen LogP contribution in [0.1, 0.15) is 18.9 Å². The maximum atomic E-state index is 12.2. The van der Waals surface area contributed by atoms with Crippen LogP contribution in [0.4, 0.5) is 0 Å². The summed E-state index contributed by atoms with van der Waals surface area (Å²) in [4.78, 5) is 23.0. The molecule has 0 spiro atoms. The van der Waals surface area contributed by atoms with Crippen molar-refractivity contribution in [2.45, 2.75) is 19.9 Å². The average molecular weight is 365 g/mol. The Kier molecular flexibility index (Phi) is 5.22. The molecule has 1 amide bonds. The molecule has 0 saturated carbocycles. The summed E-state index contributed by atoms with van der Waals surface area (Å²) < 4.78 is 15.4. The number of carbonyl (C=O) groups excluding carboxylic acids is 2. The Morgan fingerprint density at radius 2 is 2.00 bits per heavy atom. The van der Waals surface area contributed by atoms with Crippen molar-refractivity contribution in [2.24, 2.45) is 0 Å². The summed E-state index contributed by atoms with van der Waals surface area (Å²) in [6.45, 7) is 2.91. The Labute approximate surface area is 150 Å². The highest BCUT2D eigenvalue weighted by atomic mass is 32.1. The summed E-state index contributed by atoms with van der Waals surface area (Å²) in [5, 5.41) is 6.81. The van der Waals surface area contributed by atoms with E-state index < -0.39 is 5.97 Å². The largest absolute Gasteiger partial charge is 0.456 e. The Hall–Kier alpha value is -2.55. The van der Waals surface area contributed by atoms with Crippen LogP contribution in [0.2, 0.25) is 0 Å². The van der Waals surface area contributed by atoms with Crippen LogP contribution in [0, 0.1) is 0 Å². The predicted molar refractivity (Wildman–Crippen MR) is 91.7 cm³/mol. The highest BCUT2D eigenvalue weighted by Gasteiger charge is 2.29. The number of esters is 1. The van der Waals surface area contributed by atoms with Gasteiger partial charge in [-0.05, 0) is 36.3 Å². The molecule has 3 rings (SSSR count). The Morgan fingerprint density at radius 3 is 2.80 bits per heavy atom. The minimum absolute atomic E-state index is 0.234. The van der Waals surface area contributed by atoms with Gasteiger partial charge in [0, 0.05) is 26.6 Å². The number of nitrogens with zero attached hydrogens (tertiary/aromatic N) is 2. The van der Waals surface area contributed by atoms with Gasteiger partial charge in [0.05, 0.1) is 0 Å². The van der Waals surface area contributed by atoms with E-state index in [1.54, 1.807) is 5.01 Å². The number of nitrogens with one attached hydrogen (secondary N) is 1. The minimum atomic E-state index is -0.484. The summed E-state index contributed by atoms with van der Waals surface area (Å²) in [6.07, 6.45) is 0.803. The molecule has 1 fully saturated rings. The van der Waals surface area contributed by atoms with Crippen LogP contribution in [0.5, 0.6) is 11.5 Å². The number of thiocarbonyl (C=S) groups is 1. The number of hydrogen-bond acceptors (Lipinski definition) is 6. The molecule has 1 saturated heterocycles. The van der Waals surface area contributed by atoms with Gasteiger partial charge in [0.1, 0.15) is 0 Å². The van der Waals surface area contributed by atoms with Crippen LogP contribution in [0.25, 0.3) is 0 Å². The van der Waals surface area contributed by atoms with Gasteiger partial charge in [-0.15, -0.1) is 0 Å². The molecule has 0 aromatic heterocycles. The SMILES string of the molecule is CC(=O)OCC(=O)N1CCCN1C(=S)NCc1ccc2c(c1)OCO2. The molecule has 1 aromatic carbocycles. The molecule has 134 valence electrons. The van der Waals surface area contributed by atoms with Gasteiger partial charge in [0.15, 0.2) is 23.2 Å². The number of fused-ring (bicyclic) bond motifs is 1. The zero-order valence-electron chi connectivity index (χ0n) is 13.8. The van der Waals surface area contributed by atoms with E-state index in [2.05, 4.69) is 5.32 Å². The van der Waals surface area contributed by atoms with Crippen LogP contribution in [-0.2, 0) is 20.9 Å². The van der Waals surface area contributed by atoms with E-state index in [9.17, 15) is 9.59 Å². The van der Waals surface area contributed by atoms with E-state index in [0.717, 1.165) is 17.7 Å². The summed E-state index contributed by atoms with van der Waals surface area (Å²) in [6, 6.07) is 5.68. The van der Waals surface area contributed by atoms with E-state index in [1.807, 2.05) is 18.2 Å². The molecule has 2 aliphatic heterocycles. The smallest absolute Gasteiger partial charge is 0.303 e. The van der Waals surface area contributed by atoms with Gasteiger partial charge in [0.2, 0.25) is 6.79 Å². The van der Waals surface area contributed by atoms with Crippen LogP contribution in [0.3, 0.4) is 0 Å². The maximum Gasteiger partial charge on any atom is 0.303 e. The molecule has 8 nitrogen and oxygen atoms in total. The van der Waals surface area contributed by atoms with Crippen molar-refractivity contribution in [1.82, 2.24) is 15.3 Å². The molecule has 1 N–H and O–H groups in total. The number of hydrogen-bond donors (Lipinski definition) is 1. The third-order valence-corrected chi connectivity index (χ3v) is 4.19. The lowest BCUT2D eigenvalue weighted by atomic mass is 10.2. The molecule has 0 unspecified atom stereocenters. The second-order valence-electron chi connectivity index (χ2n) is 5.62. The lowest BCUT2D eigenvalue weighted by Crippen LogP contribution is -2.50. The number of hydrazine groups is 1. The van der Waals surface area contributed by atoms with Crippen LogP contribution < -0.4 is 14.8 Å². The number of rotatable bonds is 4. The van der Waals surface area contributed by atoms with Gasteiger partial charge in [0.25, 0.3) is 5.91 Å². The highest BCUT2D eigenvalue weighted by molar-refractivity contribution is 7.80. The molecule has 0 aliphatic carbocycles. The third kappa shape index (κ3) is 4.11. The number of carbonyl (C=O) groups is 2. The van der Waals surface area contributed by atoms with Crippen LogP contribution in [-0.4, -0.2) is 53.5 Å². The zero-order chi connectivity index (χ0) is 17.8. The Bertz CT molecular complexity index is 696. The molecule has 0 radical (unpaired) electrons. The van der Waals surface area contributed by atoms with Gasteiger partial charge in [-0.1, -0.05) is 6.07 Å². The van der Waals surface area contributed by atoms with Crippen LogP contribution in [0.15, 0.2) is 18.2 Å². The summed E-state index contributed by atoms with van der Waals surface area (Å²) in [7, 11) is 0. The Morgan fingerprint density at radius 1 is 1.24 bits per heavy atom. The van der Waals surface area contributed by atoms with Crippen molar-refractivity contribution in [3.8, 4) is 11.5 Å². The van der Waals surface area contributed by atoms with Crippen LogP contribution >= 0.6 is 12.2 Å². The van der Waals surface area contributed by atoms with Gasteiger partial charge < -0.3 is 19.5 Å². The topological polar surface area (TPSA) is 80.3 Å².